The van der Waals surface area contributed by atoms with Crippen molar-refractivity contribution in [2.75, 3.05) is 6.54 Å². The van der Waals surface area contributed by atoms with Gasteiger partial charge in [0.05, 0.1) is 18.6 Å². The quantitative estimate of drug-likeness (QED) is 0.135. The lowest BCUT2D eigenvalue weighted by atomic mass is 10.1. The number of aliphatic carboxylic acids is 2. The zero-order valence-electron chi connectivity index (χ0n) is 17.5. The second-order valence-electron chi connectivity index (χ2n) is 7.44. The Balaban J connectivity index is 2.96. The van der Waals surface area contributed by atoms with E-state index in [4.69, 9.17) is 15.9 Å². The summed E-state index contributed by atoms with van der Waals surface area (Å²) in [7, 11) is 0. The predicted octanol–water partition coefficient (Wildman–Crippen LogP) is -3.60. The average molecular weight is 459 g/mol. The van der Waals surface area contributed by atoms with Crippen molar-refractivity contribution in [3.63, 3.8) is 0 Å². The number of carboxylic acids is 2. The third kappa shape index (κ3) is 8.85. The lowest BCUT2D eigenvalue weighted by molar-refractivity contribution is -0.145. The van der Waals surface area contributed by atoms with Gasteiger partial charge >= 0.3 is 11.9 Å². The molecule has 1 fully saturated rings. The first-order valence-electron chi connectivity index (χ1n) is 9.97. The maximum atomic E-state index is 12.7. The van der Waals surface area contributed by atoms with Crippen molar-refractivity contribution >= 4 is 35.6 Å². The summed E-state index contributed by atoms with van der Waals surface area (Å²) < 4.78 is 0. The maximum Gasteiger partial charge on any atom is 0.328 e. The summed E-state index contributed by atoms with van der Waals surface area (Å²) in [5.74, 6) is -6.36. The van der Waals surface area contributed by atoms with Crippen LogP contribution in [-0.4, -0.2) is 87.7 Å². The molecule has 180 valence electrons. The minimum absolute atomic E-state index is 0.322. The first-order chi connectivity index (χ1) is 14.9. The van der Waals surface area contributed by atoms with E-state index in [1.807, 2.05) is 5.32 Å². The van der Waals surface area contributed by atoms with Gasteiger partial charge in [0.15, 0.2) is 6.04 Å². The van der Waals surface area contributed by atoms with Gasteiger partial charge in [0.1, 0.15) is 12.1 Å². The molecule has 5 atom stereocenters. The summed E-state index contributed by atoms with van der Waals surface area (Å²) in [6.45, 7) is 1.73. The number of carbonyl (C=O) groups is 6. The highest BCUT2D eigenvalue weighted by Crippen LogP contribution is 2.07. The van der Waals surface area contributed by atoms with Gasteiger partial charge in [-0.2, -0.15) is 0 Å². The summed E-state index contributed by atoms with van der Waals surface area (Å²) in [6, 6.07) is -5.29. The number of rotatable bonds is 13. The lowest BCUT2D eigenvalue weighted by Gasteiger charge is -2.25. The fourth-order valence-corrected chi connectivity index (χ4v) is 3.03. The normalized spacial score (nSPS) is 19.1. The Morgan fingerprint density at radius 3 is 2.12 bits per heavy atom. The Morgan fingerprint density at radius 1 is 1.03 bits per heavy atom. The Hall–Kier alpha value is -3.26. The zero-order valence-corrected chi connectivity index (χ0v) is 17.5. The largest absolute Gasteiger partial charge is 0.481 e. The Bertz CT molecular complexity index is 736. The molecule has 9 N–H and O–H groups in total. The van der Waals surface area contributed by atoms with Gasteiger partial charge in [-0.15, -0.1) is 0 Å². The number of nitrogens with one attached hydrogen (secondary N) is 4. The highest BCUT2D eigenvalue weighted by Gasteiger charge is 2.33. The van der Waals surface area contributed by atoms with Crippen LogP contribution in [0, 0.1) is 0 Å². The van der Waals surface area contributed by atoms with Crippen LogP contribution in [0.3, 0.4) is 0 Å². The SMILES string of the molecule is CC(O)C(NC(=O)C(CCC(N)=O)NC(=O)C(CC(=O)O)NC(=O)C1CCCN1)C(=O)O. The van der Waals surface area contributed by atoms with Gasteiger partial charge < -0.3 is 42.3 Å². The second-order valence-corrected chi connectivity index (χ2v) is 7.44. The van der Waals surface area contributed by atoms with Crippen LogP contribution >= 0.6 is 0 Å². The number of carbonyl (C=O) groups excluding carboxylic acids is 4. The van der Waals surface area contributed by atoms with E-state index >= 15 is 0 Å². The molecule has 1 rings (SSSR count). The summed E-state index contributed by atoms with van der Waals surface area (Å²) in [6.07, 6.45) is -1.69. The standard InChI is InChI=1S/C18H29N5O9/c1-8(24)14(18(31)32)23-16(29)10(4-5-12(19)25)21-17(30)11(7-13(26)27)22-15(28)9-3-2-6-20-9/h8-11,14,20,24H,2-7H2,1H3,(H2,19,25)(H,21,30)(H,22,28)(H,23,29)(H,26,27)(H,31,32). The van der Waals surface area contributed by atoms with Gasteiger partial charge in [-0.1, -0.05) is 0 Å². The van der Waals surface area contributed by atoms with Crippen molar-refractivity contribution in [3.8, 4) is 0 Å². The lowest BCUT2D eigenvalue weighted by Crippen LogP contribution is -2.58. The van der Waals surface area contributed by atoms with Crippen LogP contribution in [0.5, 0.6) is 0 Å². The molecule has 0 aromatic heterocycles. The summed E-state index contributed by atoms with van der Waals surface area (Å²) in [5, 5.41) is 37.2. The molecule has 0 bridgehead atoms. The first kappa shape index (κ1) is 26.8. The fraction of sp³-hybridized carbons (Fsp3) is 0.667. The Kier molecular flexibility index (Phi) is 10.5. The first-order valence-corrected chi connectivity index (χ1v) is 9.97. The van der Waals surface area contributed by atoms with Crippen molar-refractivity contribution in [1.82, 2.24) is 21.3 Å². The molecule has 1 aliphatic rings. The van der Waals surface area contributed by atoms with E-state index in [0.717, 1.165) is 13.3 Å². The smallest absolute Gasteiger partial charge is 0.328 e. The van der Waals surface area contributed by atoms with Gasteiger partial charge in [0.25, 0.3) is 0 Å². The molecule has 0 aromatic rings. The average Bonchev–Trinajstić information content (AvgIpc) is 3.22. The molecule has 1 aliphatic heterocycles. The van der Waals surface area contributed by atoms with Crippen molar-refractivity contribution in [1.29, 1.82) is 0 Å². The van der Waals surface area contributed by atoms with E-state index in [1.165, 1.54) is 0 Å². The van der Waals surface area contributed by atoms with E-state index in [1.54, 1.807) is 0 Å². The van der Waals surface area contributed by atoms with Gasteiger partial charge in [-0.05, 0) is 32.7 Å². The van der Waals surface area contributed by atoms with Crippen molar-refractivity contribution < 1.29 is 44.1 Å². The zero-order chi connectivity index (χ0) is 24.4. The maximum absolute atomic E-state index is 12.7. The van der Waals surface area contributed by atoms with Crippen LogP contribution in [0.2, 0.25) is 0 Å². The number of hydrogen-bond donors (Lipinski definition) is 8. The predicted molar refractivity (Wildman–Crippen MR) is 107 cm³/mol. The van der Waals surface area contributed by atoms with Gasteiger partial charge in [0, 0.05) is 6.42 Å². The van der Waals surface area contributed by atoms with E-state index in [-0.39, 0.29) is 12.8 Å². The highest BCUT2D eigenvalue weighted by atomic mass is 16.4. The van der Waals surface area contributed by atoms with E-state index in [0.29, 0.717) is 13.0 Å². The Morgan fingerprint density at radius 2 is 1.66 bits per heavy atom. The van der Waals surface area contributed by atoms with Crippen LogP contribution < -0.4 is 27.0 Å². The number of primary amides is 1. The minimum atomic E-state index is -1.70. The third-order valence-electron chi connectivity index (χ3n) is 4.75. The molecule has 1 heterocycles. The van der Waals surface area contributed by atoms with Crippen molar-refractivity contribution in [3.05, 3.63) is 0 Å². The minimum Gasteiger partial charge on any atom is -0.481 e. The number of aliphatic hydroxyl groups is 1. The molecule has 4 amide bonds. The molecule has 5 unspecified atom stereocenters. The molecule has 0 aromatic carbocycles. The molecule has 0 spiro atoms. The van der Waals surface area contributed by atoms with Crippen LogP contribution in [0.15, 0.2) is 0 Å². The van der Waals surface area contributed by atoms with Crippen LogP contribution in [0.1, 0.15) is 39.0 Å². The summed E-state index contributed by atoms with van der Waals surface area (Å²) in [5.41, 5.74) is 5.07. The highest BCUT2D eigenvalue weighted by molar-refractivity contribution is 5.96. The van der Waals surface area contributed by atoms with E-state index in [9.17, 15) is 33.9 Å². The van der Waals surface area contributed by atoms with Crippen LogP contribution in [0.4, 0.5) is 0 Å². The number of hydrogen-bond acceptors (Lipinski definition) is 8. The van der Waals surface area contributed by atoms with Gasteiger partial charge in [-0.25, -0.2) is 4.79 Å². The van der Waals surface area contributed by atoms with Crippen molar-refractivity contribution in [2.24, 2.45) is 5.73 Å². The summed E-state index contributed by atoms with van der Waals surface area (Å²) >= 11 is 0. The second kappa shape index (κ2) is 12.6. The number of aliphatic hydroxyl groups excluding tert-OH is 1. The molecule has 14 nitrogen and oxygen atoms in total. The van der Waals surface area contributed by atoms with Crippen LogP contribution in [-0.2, 0) is 28.8 Å². The van der Waals surface area contributed by atoms with Crippen molar-refractivity contribution in [2.45, 2.75) is 69.3 Å². The molecule has 1 saturated heterocycles. The van der Waals surface area contributed by atoms with E-state index < -0.39 is 72.3 Å². The fourth-order valence-electron chi connectivity index (χ4n) is 3.03. The third-order valence-corrected chi connectivity index (χ3v) is 4.75. The molecule has 14 heteroatoms. The van der Waals surface area contributed by atoms with E-state index in [2.05, 4.69) is 16.0 Å². The van der Waals surface area contributed by atoms with Gasteiger partial charge in [0.2, 0.25) is 23.6 Å². The van der Waals surface area contributed by atoms with Crippen LogP contribution in [0.25, 0.3) is 0 Å². The number of amides is 4. The molecule has 32 heavy (non-hydrogen) atoms. The van der Waals surface area contributed by atoms with Gasteiger partial charge in [-0.3, -0.25) is 24.0 Å². The number of nitrogens with two attached hydrogens (primary N) is 1. The molecular formula is C18H29N5O9. The Labute approximate surface area is 183 Å². The molecular weight excluding hydrogens is 430 g/mol. The number of carboxylic acid groups (broad SMARTS) is 2. The molecule has 0 saturated carbocycles. The molecule has 0 radical (unpaired) electrons. The summed E-state index contributed by atoms with van der Waals surface area (Å²) in [4.78, 5) is 71.0. The topological polar surface area (TPSA) is 237 Å². The monoisotopic (exact) mass is 459 g/mol. The molecule has 0 aliphatic carbocycles.